The van der Waals surface area contributed by atoms with Crippen molar-refractivity contribution in [1.29, 1.82) is 0 Å². The maximum Gasteiger partial charge on any atom is 0.254 e. The van der Waals surface area contributed by atoms with Crippen molar-refractivity contribution < 1.29 is 9.21 Å². The van der Waals surface area contributed by atoms with Gasteiger partial charge in [-0.05, 0) is 17.7 Å². The van der Waals surface area contributed by atoms with Crippen LogP contribution in [0.2, 0.25) is 0 Å². The molecule has 4 nitrogen and oxygen atoms in total. The highest BCUT2D eigenvalue weighted by Crippen LogP contribution is 2.28. The van der Waals surface area contributed by atoms with Gasteiger partial charge in [-0.15, -0.1) is 0 Å². The second kappa shape index (κ2) is 7.92. The molecule has 0 bridgehead atoms. The SMILES string of the molecule is CN(Cc1ccccc1)C(=O)c1ccccc1-c1ncc(-c2ccccc2)o1. The lowest BCUT2D eigenvalue weighted by Crippen LogP contribution is -2.26. The predicted octanol–water partition coefficient (Wildman–Crippen LogP) is 5.28. The van der Waals surface area contributed by atoms with E-state index in [-0.39, 0.29) is 5.91 Å². The summed E-state index contributed by atoms with van der Waals surface area (Å²) in [6.07, 6.45) is 1.69. The van der Waals surface area contributed by atoms with E-state index >= 15 is 0 Å². The van der Waals surface area contributed by atoms with Gasteiger partial charge in [0.15, 0.2) is 5.76 Å². The van der Waals surface area contributed by atoms with Gasteiger partial charge in [0.1, 0.15) is 0 Å². The standard InChI is InChI=1S/C24H20N2O2/c1-26(17-18-10-4-2-5-11-18)24(27)21-15-9-8-14-20(21)23-25-16-22(28-23)19-12-6-3-7-13-19/h2-16H,17H2,1H3. The van der Waals surface area contributed by atoms with E-state index in [2.05, 4.69) is 4.98 Å². The third kappa shape index (κ3) is 3.71. The van der Waals surface area contributed by atoms with Crippen LogP contribution in [0.15, 0.2) is 95.5 Å². The summed E-state index contributed by atoms with van der Waals surface area (Å²) in [6, 6.07) is 27.1. The molecule has 0 unspecified atom stereocenters. The van der Waals surface area contributed by atoms with Crippen molar-refractivity contribution in [1.82, 2.24) is 9.88 Å². The quantitative estimate of drug-likeness (QED) is 0.481. The average molecular weight is 368 g/mol. The Bertz CT molecular complexity index is 1070. The summed E-state index contributed by atoms with van der Waals surface area (Å²) in [7, 11) is 1.80. The molecule has 0 fully saturated rings. The number of aromatic nitrogens is 1. The number of carbonyl (C=O) groups is 1. The van der Waals surface area contributed by atoms with Gasteiger partial charge in [-0.25, -0.2) is 4.98 Å². The van der Waals surface area contributed by atoms with E-state index in [0.29, 0.717) is 29.3 Å². The first kappa shape index (κ1) is 17.7. The molecule has 28 heavy (non-hydrogen) atoms. The Labute approximate surface area is 164 Å². The minimum atomic E-state index is -0.0704. The van der Waals surface area contributed by atoms with E-state index < -0.39 is 0 Å². The van der Waals surface area contributed by atoms with Crippen molar-refractivity contribution in [2.75, 3.05) is 7.05 Å². The van der Waals surface area contributed by atoms with Crippen LogP contribution in [0.1, 0.15) is 15.9 Å². The van der Waals surface area contributed by atoms with Crippen molar-refractivity contribution >= 4 is 5.91 Å². The second-order valence-electron chi connectivity index (χ2n) is 6.59. The molecule has 0 saturated heterocycles. The molecular weight excluding hydrogens is 348 g/mol. The van der Waals surface area contributed by atoms with Crippen LogP contribution in [0, 0.1) is 0 Å². The highest BCUT2D eigenvalue weighted by molar-refractivity contribution is 5.99. The number of oxazole rings is 1. The molecular formula is C24H20N2O2. The van der Waals surface area contributed by atoms with Crippen molar-refractivity contribution in [3.63, 3.8) is 0 Å². The smallest absolute Gasteiger partial charge is 0.254 e. The van der Waals surface area contributed by atoms with Crippen LogP contribution in [-0.4, -0.2) is 22.8 Å². The first-order valence-corrected chi connectivity index (χ1v) is 9.12. The third-order valence-corrected chi connectivity index (χ3v) is 4.56. The normalized spacial score (nSPS) is 10.6. The largest absolute Gasteiger partial charge is 0.436 e. The zero-order valence-electron chi connectivity index (χ0n) is 15.6. The van der Waals surface area contributed by atoms with Gasteiger partial charge < -0.3 is 9.32 Å². The van der Waals surface area contributed by atoms with Crippen LogP contribution in [0.3, 0.4) is 0 Å². The Morgan fingerprint density at radius 1 is 0.893 bits per heavy atom. The highest BCUT2D eigenvalue weighted by Gasteiger charge is 2.19. The van der Waals surface area contributed by atoms with Gasteiger partial charge >= 0.3 is 0 Å². The molecule has 0 aliphatic heterocycles. The summed E-state index contributed by atoms with van der Waals surface area (Å²) in [4.78, 5) is 19.2. The van der Waals surface area contributed by atoms with Crippen LogP contribution in [0.5, 0.6) is 0 Å². The lowest BCUT2D eigenvalue weighted by molar-refractivity contribution is 0.0785. The van der Waals surface area contributed by atoms with Crippen LogP contribution in [0.4, 0.5) is 0 Å². The van der Waals surface area contributed by atoms with Gasteiger partial charge in [-0.2, -0.15) is 0 Å². The number of rotatable bonds is 5. The zero-order chi connectivity index (χ0) is 19.3. The van der Waals surface area contributed by atoms with Crippen molar-refractivity contribution in [2.45, 2.75) is 6.54 Å². The Morgan fingerprint density at radius 3 is 2.29 bits per heavy atom. The summed E-state index contributed by atoms with van der Waals surface area (Å²) >= 11 is 0. The van der Waals surface area contributed by atoms with E-state index in [4.69, 9.17) is 4.42 Å². The number of hydrogen-bond acceptors (Lipinski definition) is 3. The minimum Gasteiger partial charge on any atom is -0.436 e. The number of carbonyl (C=O) groups excluding carboxylic acids is 1. The highest BCUT2D eigenvalue weighted by atomic mass is 16.4. The van der Waals surface area contributed by atoms with Crippen molar-refractivity contribution in [3.8, 4) is 22.8 Å². The van der Waals surface area contributed by atoms with Gasteiger partial charge in [0.25, 0.3) is 5.91 Å². The molecule has 0 atom stereocenters. The molecule has 1 amide bonds. The fraction of sp³-hybridized carbons (Fsp3) is 0.0833. The van der Waals surface area contributed by atoms with Gasteiger partial charge in [0.2, 0.25) is 5.89 Å². The lowest BCUT2D eigenvalue weighted by Gasteiger charge is -2.18. The lowest BCUT2D eigenvalue weighted by atomic mass is 10.1. The molecule has 0 saturated carbocycles. The van der Waals surface area contributed by atoms with Gasteiger partial charge in [-0.3, -0.25) is 4.79 Å². The molecule has 0 radical (unpaired) electrons. The predicted molar refractivity (Wildman–Crippen MR) is 110 cm³/mol. The fourth-order valence-electron chi connectivity index (χ4n) is 3.13. The number of hydrogen-bond donors (Lipinski definition) is 0. The summed E-state index contributed by atoms with van der Waals surface area (Å²) in [5.74, 6) is 1.05. The van der Waals surface area contributed by atoms with Crippen LogP contribution < -0.4 is 0 Å². The van der Waals surface area contributed by atoms with E-state index in [1.54, 1.807) is 18.1 Å². The Kier molecular flexibility index (Phi) is 5.02. The molecule has 0 aliphatic rings. The van der Waals surface area contributed by atoms with Gasteiger partial charge in [-0.1, -0.05) is 72.8 Å². The zero-order valence-corrected chi connectivity index (χ0v) is 15.6. The van der Waals surface area contributed by atoms with Gasteiger partial charge in [0, 0.05) is 24.7 Å². The monoisotopic (exact) mass is 368 g/mol. The summed E-state index contributed by atoms with van der Waals surface area (Å²) < 4.78 is 5.96. The van der Waals surface area contributed by atoms with E-state index in [0.717, 1.165) is 11.1 Å². The first-order chi connectivity index (χ1) is 13.7. The molecule has 1 heterocycles. The Morgan fingerprint density at radius 2 is 1.54 bits per heavy atom. The molecule has 138 valence electrons. The molecule has 0 spiro atoms. The topological polar surface area (TPSA) is 46.3 Å². The summed E-state index contributed by atoms with van der Waals surface area (Å²) in [6.45, 7) is 0.537. The summed E-state index contributed by atoms with van der Waals surface area (Å²) in [5, 5.41) is 0. The molecule has 4 heteroatoms. The van der Waals surface area contributed by atoms with Crippen LogP contribution >= 0.6 is 0 Å². The Hall–Kier alpha value is -3.66. The second-order valence-corrected chi connectivity index (χ2v) is 6.59. The van der Waals surface area contributed by atoms with Crippen LogP contribution in [0.25, 0.3) is 22.8 Å². The molecule has 1 aromatic heterocycles. The van der Waals surface area contributed by atoms with Crippen molar-refractivity contribution in [2.24, 2.45) is 0 Å². The van der Waals surface area contributed by atoms with Crippen LogP contribution in [-0.2, 0) is 6.54 Å². The first-order valence-electron chi connectivity index (χ1n) is 9.12. The third-order valence-electron chi connectivity index (χ3n) is 4.56. The summed E-state index contributed by atoms with van der Waals surface area (Å²) in [5.41, 5.74) is 3.29. The molecule has 4 aromatic rings. The van der Waals surface area contributed by atoms with E-state index in [9.17, 15) is 4.79 Å². The maximum absolute atomic E-state index is 13.1. The van der Waals surface area contributed by atoms with E-state index in [1.807, 2.05) is 84.9 Å². The number of benzene rings is 3. The minimum absolute atomic E-state index is 0.0704. The number of amides is 1. The average Bonchev–Trinajstić information content (AvgIpc) is 3.25. The molecule has 3 aromatic carbocycles. The maximum atomic E-state index is 13.1. The Balaban J connectivity index is 1.62. The molecule has 0 aliphatic carbocycles. The molecule has 0 N–H and O–H groups in total. The number of nitrogens with zero attached hydrogens (tertiary/aromatic N) is 2. The molecule has 4 rings (SSSR count). The van der Waals surface area contributed by atoms with E-state index in [1.165, 1.54) is 0 Å². The fourth-order valence-corrected chi connectivity index (χ4v) is 3.13. The van der Waals surface area contributed by atoms with Crippen molar-refractivity contribution in [3.05, 3.63) is 102 Å². The van der Waals surface area contributed by atoms with Gasteiger partial charge in [0.05, 0.1) is 11.8 Å².